The maximum absolute atomic E-state index is 14.1. The summed E-state index contributed by atoms with van der Waals surface area (Å²) in [7, 11) is 4.65. The highest BCUT2D eigenvalue weighted by Crippen LogP contribution is 2.49. The first-order valence-electron chi connectivity index (χ1n) is 11.6. The number of rotatable bonds is 5. The van der Waals surface area contributed by atoms with Crippen molar-refractivity contribution < 1.29 is 23.8 Å². The summed E-state index contributed by atoms with van der Waals surface area (Å²) in [5, 5.41) is 3.08. The molecule has 7 nitrogen and oxygen atoms in total. The van der Waals surface area contributed by atoms with Gasteiger partial charge in [-0.2, -0.15) is 0 Å². The minimum absolute atomic E-state index is 0.113. The number of nitrogens with one attached hydrogen (secondary N) is 1. The first-order chi connectivity index (χ1) is 17.0. The van der Waals surface area contributed by atoms with Crippen LogP contribution in [0.4, 0.5) is 5.69 Å². The summed E-state index contributed by atoms with van der Waals surface area (Å²) >= 11 is 0. The number of anilines is 1. The van der Waals surface area contributed by atoms with Gasteiger partial charge in [0, 0.05) is 12.1 Å². The van der Waals surface area contributed by atoms with Gasteiger partial charge in [0.2, 0.25) is 5.91 Å². The Hall–Kier alpha value is -4.00. The summed E-state index contributed by atoms with van der Waals surface area (Å²) in [5.74, 6) is 0.509. The van der Waals surface area contributed by atoms with Crippen molar-refractivity contribution >= 4 is 17.5 Å². The molecule has 3 aromatic rings. The third-order valence-electron chi connectivity index (χ3n) is 6.92. The van der Waals surface area contributed by atoms with E-state index in [9.17, 15) is 9.59 Å². The highest BCUT2D eigenvalue weighted by atomic mass is 16.5. The molecule has 7 heteroatoms. The van der Waals surface area contributed by atoms with Crippen molar-refractivity contribution in [3.8, 4) is 17.2 Å². The zero-order valence-corrected chi connectivity index (χ0v) is 20.3. The van der Waals surface area contributed by atoms with Gasteiger partial charge in [-0.25, -0.2) is 0 Å². The smallest absolute Gasteiger partial charge is 0.254 e. The second-order valence-corrected chi connectivity index (χ2v) is 8.86. The Balaban J connectivity index is 1.69. The molecule has 0 saturated carbocycles. The number of hydrogen-bond acceptors (Lipinski definition) is 5. The van der Waals surface area contributed by atoms with Crippen molar-refractivity contribution in [3.63, 3.8) is 0 Å². The van der Waals surface area contributed by atoms with Crippen LogP contribution in [-0.4, -0.2) is 44.6 Å². The second-order valence-electron chi connectivity index (χ2n) is 8.86. The molecule has 0 saturated heterocycles. The molecule has 0 unspecified atom stereocenters. The monoisotopic (exact) mass is 472 g/mol. The van der Waals surface area contributed by atoms with Crippen LogP contribution in [0.5, 0.6) is 17.2 Å². The van der Waals surface area contributed by atoms with Crippen molar-refractivity contribution in [2.45, 2.75) is 25.3 Å². The summed E-state index contributed by atoms with van der Waals surface area (Å²) < 4.78 is 16.5. The molecule has 0 aliphatic carbocycles. The Morgan fingerprint density at radius 1 is 0.914 bits per heavy atom. The van der Waals surface area contributed by atoms with Gasteiger partial charge in [-0.05, 0) is 59.9 Å². The van der Waals surface area contributed by atoms with Crippen LogP contribution in [0.2, 0.25) is 0 Å². The fraction of sp³-hybridized carbons (Fsp3) is 0.286. The van der Waals surface area contributed by atoms with Gasteiger partial charge in [-0.1, -0.05) is 30.3 Å². The normalized spacial score (nSPS) is 18.2. The van der Waals surface area contributed by atoms with Crippen molar-refractivity contribution in [2.24, 2.45) is 0 Å². The van der Waals surface area contributed by atoms with E-state index < -0.39 is 12.0 Å². The van der Waals surface area contributed by atoms with Crippen LogP contribution < -0.4 is 19.5 Å². The highest BCUT2D eigenvalue weighted by Gasteiger charge is 2.47. The van der Waals surface area contributed by atoms with Crippen molar-refractivity contribution in [1.29, 1.82) is 0 Å². The van der Waals surface area contributed by atoms with Crippen LogP contribution in [0.15, 0.2) is 54.6 Å². The molecule has 5 rings (SSSR count). The van der Waals surface area contributed by atoms with E-state index in [1.54, 1.807) is 26.4 Å². The van der Waals surface area contributed by atoms with E-state index in [0.717, 1.165) is 23.1 Å². The number of methoxy groups -OCH3 is 3. The molecule has 1 N–H and O–H groups in total. The van der Waals surface area contributed by atoms with E-state index in [1.165, 1.54) is 7.11 Å². The Kier molecular flexibility index (Phi) is 5.84. The van der Waals surface area contributed by atoms with E-state index in [1.807, 2.05) is 48.2 Å². The lowest BCUT2D eigenvalue weighted by molar-refractivity contribution is -0.119. The lowest BCUT2D eigenvalue weighted by Crippen LogP contribution is -2.49. The predicted octanol–water partition coefficient (Wildman–Crippen LogP) is 4.50. The average molecular weight is 473 g/mol. The molecule has 0 spiro atoms. The largest absolute Gasteiger partial charge is 0.495 e. The van der Waals surface area contributed by atoms with Gasteiger partial charge in [0.15, 0.2) is 11.5 Å². The molecule has 0 aromatic heterocycles. The zero-order chi connectivity index (χ0) is 24.7. The number of hydrogen-bond donors (Lipinski definition) is 1. The Labute approximate surface area is 204 Å². The van der Waals surface area contributed by atoms with Gasteiger partial charge in [-0.15, -0.1) is 0 Å². The van der Waals surface area contributed by atoms with Gasteiger partial charge >= 0.3 is 0 Å². The van der Waals surface area contributed by atoms with Crippen LogP contribution in [0.3, 0.4) is 0 Å². The lowest BCUT2D eigenvalue weighted by atomic mass is 9.75. The SMILES string of the molecule is COc1ccc(C)cc1NC(=O)[C@H]1c2cc(OC)c(OC)cc2C(=O)N2CCc3ccccc3[C@H]12. The maximum atomic E-state index is 14.1. The van der Waals surface area contributed by atoms with Gasteiger partial charge < -0.3 is 24.4 Å². The lowest BCUT2D eigenvalue weighted by Gasteiger charge is -2.45. The number of ether oxygens (including phenoxy) is 3. The molecule has 0 radical (unpaired) electrons. The number of carbonyl (C=O) groups is 2. The molecule has 35 heavy (non-hydrogen) atoms. The second kappa shape index (κ2) is 8.98. The Bertz CT molecular complexity index is 1320. The molecule has 2 amide bonds. The summed E-state index contributed by atoms with van der Waals surface area (Å²) in [5.41, 5.74) is 4.80. The van der Waals surface area contributed by atoms with Gasteiger partial charge in [0.25, 0.3) is 5.91 Å². The molecule has 2 aliphatic rings. The van der Waals surface area contributed by atoms with Gasteiger partial charge in [-0.3, -0.25) is 9.59 Å². The quantitative estimate of drug-likeness (QED) is 0.592. The molecule has 0 fully saturated rings. The standard InChI is InChI=1S/C28H28N2O5/c1-16-9-10-22(33-2)21(13-16)29-27(31)25-19-14-23(34-3)24(35-4)15-20(19)28(32)30-12-11-17-7-5-6-8-18(17)26(25)30/h5-10,13-15,25-26H,11-12H2,1-4H3,(H,29,31)/t25-,26+/m0/s1. The topological polar surface area (TPSA) is 77.1 Å². The molecule has 180 valence electrons. The zero-order valence-electron chi connectivity index (χ0n) is 20.3. The number of fused-ring (bicyclic) bond motifs is 4. The van der Waals surface area contributed by atoms with Crippen LogP contribution >= 0.6 is 0 Å². The average Bonchev–Trinajstić information content (AvgIpc) is 2.88. The molecular formula is C28H28N2O5. The van der Waals surface area contributed by atoms with Crippen molar-refractivity contribution in [3.05, 3.63) is 82.4 Å². The number of amides is 2. The fourth-order valence-electron chi connectivity index (χ4n) is 5.26. The van der Waals surface area contributed by atoms with Crippen molar-refractivity contribution in [1.82, 2.24) is 4.90 Å². The third kappa shape index (κ3) is 3.77. The minimum atomic E-state index is -0.658. The van der Waals surface area contributed by atoms with Crippen LogP contribution in [-0.2, 0) is 11.2 Å². The molecular weight excluding hydrogens is 444 g/mol. The van der Waals surface area contributed by atoms with Gasteiger partial charge in [0.1, 0.15) is 5.75 Å². The van der Waals surface area contributed by atoms with Crippen molar-refractivity contribution in [2.75, 3.05) is 33.2 Å². The predicted molar refractivity (Wildman–Crippen MR) is 133 cm³/mol. The first kappa shape index (κ1) is 22.8. The number of benzene rings is 3. The molecule has 2 aliphatic heterocycles. The summed E-state index contributed by atoms with van der Waals surface area (Å²) in [6.45, 7) is 2.49. The molecule has 0 bridgehead atoms. The highest BCUT2D eigenvalue weighted by molar-refractivity contribution is 6.05. The Morgan fingerprint density at radius 2 is 1.63 bits per heavy atom. The minimum Gasteiger partial charge on any atom is -0.495 e. The number of carbonyl (C=O) groups excluding carboxylic acids is 2. The first-order valence-corrected chi connectivity index (χ1v) is 11.6. The van der Waals surface area contributed by atoms with E-state index in [2.05, 4.69) is 11.4 Å². The van der Waals surface area contributed by atoms with Crippen LogP contribution in [0.1, 0.15) is 44.6 Å². The maximum Gasteiger partial charge on any atom is 0.254 e. The molecule has 2 heterocycles. The van der Waals surface area contributed by atoms with Crippen LogP contribution in [0.25, 0.3) is 0 Å². The summed E-state index contributed by atoms with van der Waals surface area (Å²) in [6.07, 6.45) is 0.737. The summed E-state index contributed by atoms with van der Waals surface area (Å²) in [4.78, 5) is 29.6. The molecule has 2 atom stereocenters. The summed E-state index contributed by atoms with van der Waals surface area (Å²) in [6, 6.07) is 16.7. The number of aryl methyl sites for hydroxylation is 1. The van der Waals surface area contributed by atoms with E-state index in [-0.39, 0.29) is 11.8 Å². The number of nitrogens with zero attached hydrogens (tertiary/aromatic N) is 1. The third-order valence-corrected chi connectivity index (χ3v) is 6.92. The van der Waals surface area contributed by atoms with Crippen LogP contribution in [0, 0.1) is 6.92 Å². The van der Waals surface area contributed by atoms with E-state index in [0.29, 0.717) is 40.6 Å². The Morgan fingerprint density at radius 3 is 2.37 bits per heavy atom. The van der Waals surface area contributed by atoms with E-state index in [4.69, 9.17) is 14.2 Å². The van der Waals surface area contributed by atoms with Gasteiger partial charge in [0.05, 0.1) is 39.0 Å². The molecule has 3 aromatic carbocycles. The fourth-order valence-corrected chi connectivity index (χ4v) is 5.26. The van der Waals surface area contributed by atoms with E-state index >= 15 is 0 Å².